The molecule has 4 nitrogen and oxygen atoms in total. The Hall–Kier alpha value is -1.58. The van der Waals surface area contributed by atoms with Crippen molar-refractivity contribution in [2.45, 2.75) is 44.6 Å². The zero-order valence-electron chi connectivity index (χ0n) is 21.4. The van der Waals surface area contributed by atoms with E-state index in [0.717, 1.165) is 5.56 Å². The normalized spacial score (nSPS) is 13.9. The molecular weight excluding hydrogens is 505 g/mol. The number of hydrogen-bond acceptors (Lipinski definition) is 6. The van der Waals surface area contributed by atoms with Crippen LogP contribution in [0, 0.1) is 0 Å². The van der Waals surface area contributed by atoms with Crippen molar-refractivity contribution in [3.8, 4) is 0 Å². The van der Waals surface area contributed by atoms with Crippen molar-refractivity contribution in [1.82, 2.24) is 0 Å². The number of benzene rings is 3. The van der Waals surface area contributed by atoms with Gasteiger partial charge in [0, 0.05) is 0 Å². The van der Waals surface area contributed by atoms with E-state index in [2.05, 4.69) is 94.6 Å². The molecule has 2 atom stereocenters. The van der Waals surface area contributed by atoms with E-state index in [0.29, 0.717) is 25.8 Å². The van der Waals surface area contributed by atoms with Crippen LogP contribution in [0.4, 0.5) is 0 Å². The zero-order chi connectivity index (χ0) is 25.9. The lowest BCUT2D eigenvalue weighted by molar-refractivity contribution is -0.109. The van der Waals surface area contributed by atoms with Gasteiger partial charge in [0.15, 0.2) is 0 Å². The van der Waals surface area contributed by atoms with Crippen molar-refractivity contribution in [3.63, 3.8) is 0 Å². The topological polar surface area (TPSA) is 36.9 Å². The molecule has 36 heavy (non-hydrogen) atoms. The number of rotatable bonds is 14. The summed E-state index contributed by atoms with van der Waals surface area (Å²) in [6.45, 7) is 7.94. The lowest BCUT2D eigenvalue weighted by Crippen LogP contribution is -2.67. The maximum Gasteiger partial charge on any atom is 0.261 e. The fraction of sp³-hybridized carbons (Fsp3) is 0.379. The highest BCUT2D eigenvalue weighted by Gasteiger charge is 2.50. The molecule has 0 aliphatic rings. The third-order valence-corrected chi connectivity index (χ3v) is 11.6. The Kier molecular flexibility index (Phi) is 11.6. The number of hydrogen-bond donors (Lipinski definition) is 2. The molecule has 0 N–H and O–H groups in total. The van der Waals surface area contributed by atoms with Crippen molar-refractivity contribution < 1.29 is 18.6 Å². The van der Waals surface area contributed by atoms with Crippen LogP contribution in [0.1, 0.15) is 26.3 Å². The predicted octanol–water partition coefficient (Wildman–Crippen LogP) is 5.32. The molecule has 0 fully saturated rings. The van der Waals surface area contributed by atoms with Crippen molar-refractivity contribution in [2.24, 2.45) is 0 Å². The summed E-state index contributed by atoms with van der Waals surface area (Å²) < 4.78 is 25.2. The Morgan fingerprint density at radius 1 is 0.667 bits per heavy atom. The van der Waals surface area contributed by atoms with Gasteiger partial charge in [-0.05, 0) is 21.0 Å². The maximum absolute atomic E-state index is 7.12. The Labute approximate surface area is 228 Å². The van der Waals surface area contributed by atoms with Gasteiger partial charge in [0.05, 0.1) is 31.7 Å². The van der Waals surface area contributed by atoms with Crippen LogP contribution in [0.15, 0.2) is 91.0 Å². The van der Waals surface area contributed by atoms with Crippen molar-refractivity contribution in [2.75, 3.05) is 25.1 Å². The fourth-order valence-electron chi connectivity index (χ4n) is 4.54. The van der Waals surface area contributed by atoms with Gasteiger partial charge >= 0.3 is 0 Å². The summed E-state index contributed by atoms with van der Waals surface area (Å²) in [6, 6.07) is 31.3. The third-order valence-electron chi connectivity index (χ3n) is 6.26. The van der Waals surface area contributed by atoms with Gasteiger partial charge in [-0.1, -0.05) is 112 Å². The van der Waals surface area contributed by atoms with Gasteiger partial charge < -0.3 is 18.6 Å². The first-order valence-corrected chi connectivity index (χ1v) is 15.4. The minimum absolute atomic E-state index is 0.136. The van der Waals surface area contributed by atoms with Crippen LogP contribution in [0.5, 0.6) is 0 Å². The molecule has 0 unspecified atom stereocenters. The molecule has 0 aromatic heterocycles. The van der Waals surface area contributed by atoms with E-state index in [1.807, 2.05) is 42.5 Å². The monoisotopic (exact) mass is 542 g/mol. The van der Waals surface area contributed by atoms with Gasteiger partial charge in [0.25, 0.3) is 8.32 Å². The summed E-state index contributed by atoms with van der Waals surface area (Å²) in [5, 5.41) is 2.31. The number of ether oxygens (including phenoxy) is 3. The van der Waals surface area contributed by atoms with Crippen LogP contribution < -0.4 is 10.4 Å². The molecule has 0 heterocycles. The van der Waals surface area contributed by atoms with E-state index in [9.17, 15) is 0 Å². The molecule has 3 aromatic carbocycles. The lowest BCUT2D eigenvalue weighted by atomic mass is 10.2. The smallest absolute Gasteiger partial charge is 0.261 e. The molecule has 3 aromatic rings. The van der Waals surface area contributed by atoms with Gasteiger partial charge in [-0.2, -0.15) is 25.3 Å². The molecule has 0 saturated carbocycles. The van der Waals surface area contributed by atoms with E-state index in [1.165, 1.54) is 10.4 Å². The molecule has 0 aliphatic heterocycles. The average molecular weight is 543 g/mol. The van der Waals surface area contributed by atoms with Crippen molar-refractivity contribution in [3.05, 3.63) is 96.6 Å². The minimum Gasteiger partial charge on any atom is -0.405 e. The summed E-state index contributed by atoms with van der Waals surface area (Å²) in [5.41, 5.74) is 1.09. The van der Waals surface area contributed by atoms with Crippen molar-refractivity contribution >= 4 is 43.9 Å². The summed E-state index contributed by atoms with van der Waals surface area (Å²) in [4.78, 5) is 0. The summed E-state index contributed by atoms with van der Waals surface area (Å²) >= 11 is 8.60. The zero-order valence-corrected chi connectivity index (χ0v) is 24.2. The molecular formula is C29H38O4S2Si. The molecule has 0 saturated heterocycles. The number of thiol groups is 2. The van der Waals surface area contributed by atoms with Gasteiger partial charge in [-0.15, -0.1) is 0 Å². The first-order chi connectivity index (χ1) is 17.4. The van der Waals surface area contributed by atoms with Gasteiger partial charge in [-0.25, -0.2) is 0 Å². The molecule has 7 heteroatoms. The van der Waals surface area contributed by atoms with Crippen LogP contribution in [-0.2, 0) is 25.2 Å². The molecule has 0 bridgehead atoms. The van der Waals surface area contributed by atoms with E-state index in [4.69, 9.17) is 18.6 Å². The standard InChI is InChI=1S/C29H38O4S2Si/c1-29(2,3)36(25-15-9-5-10-16-25,26-17-11-6-12-18-26)33-21-28(32-23-35)27(20-30-22-34)31-19-24-13-7-4-8-14-24/h4-18,27-28,34-35H,19-23H2,1-3H3/t27-,28-/m1/s1. The quantitative estimate of drug-likeness (QED) is 0.164. The largest absolute Gasteiger partial charge is 0.405 e. The summed E-state index contributed by atoms with van der Waals surface area (Å²) in [5.74, 6) is 0.551. The van der Waals surface area contributed by atoms with Crippen LogP contribution >= 0.6 is 25.3 Å². The fourth-order valence-corrected chi connectivity index (χ4v) is 9.40. The Balaban J connectivity index is 1.93. The van der Waals surface area contributed by atoms with Crippen LogP contribution in [0.25, 0.3) is 0 Å². The van der Waals surface area contributed by atoms with Crippen LogP contribution in [0.2, 0.25) is 5.04 Å². The SMILES string of the molecule is CC(C)(C)[Si](OC[C@@H](OCS)[C@@H](COCS)OCc1ccccc1)(c1ccccc1)c1ccccc1. The van der Waals surface area contributed by atoms with Crippen molar-refractivity contribution in [1.29, 1.82) is 0 Å². The Morgan fingerprint density at radius 2 is 1.17 bits per heavy atom. The second kappa shape index (κ2) is 14.4. The molecule has 0 aliphatic carbocycles. The van der Waals surface area contributed by atoms with E-state index < -0.39 is 8.32 Å². The average Bonchev–Trinajstić information content (AvgIpc) is 2.90. The summed E-state index contributed by atoms with van der Waals surface area (Å²) in [6.07, 6.45) is -0.713. The Bertz CT molecular complexity index is 961. The van der Waals surface area contributed by atoms with E-state index in [-0.39, 0.29) is 23.2 Å². The van der Waals surface area contributed by atoms with E-state index in [1.54, 1.807) is 0 Å². The second-order valence-corrected chi connectivity index (χ2v) is 14.5. The highest BCUT2D eigenvalue weighted by molar-refractivity contribution is 7.80. The first kappa shape index (κ1) is 29.0. The molecule has 0 amide bonds. The lowest BCUT2D eigenvalue weighted by Gasteiger charge is -2.44. The maximum atomic E-state index is 7.12. The van der Waals surface area contributed by atoms with Crippen LogP contribution in [-0.4, -0.2) is 45.6 Å². The molecule has 0 spiro atoms. The second-order valence-electron chi connectivity index (χ2n) is 9.64. The van der Waals surface area contributed by atoms with Gasteiger partial charge in [0.1, 0.15) is 12.2 Å². The first-order valence-electron chi connectivity index (χ1n) is 12.2. The minimum atomic E-state index is -2.72. The molecule has 194 valence electrons. The third kappa shape index (κ3) is 7.48. The van der Waals surface area contributed by atoms with E-state index >= 15 is 0 Å². The van der Waals surface area contributed by atoms with Gasteiger partial charge in [0.2, 0.25) is 0 Å². The highest BCUT2D eigenvalue weighted by Crippen LogP contribution is 2.37. The Morgan fingerprint density at radius 3 is 1.64 bits per heavy atom. The summed E-state index contributed by atoms with van der Waals surface area (Å²) in [7, 11) is -2.72. The van der Waals surface area contributed by atoms with Crippen LogP contribution in [0.3, 0.4) is 0 Å². The van der Waals surface area contributed by atoms with Gasteiger partial charge in [-0.3, -0.25) is 0 Å². The highest BCUT2D eigenvalue weighted by atomic mass is 32.1. The molecule has 0 radical (unpaired) electrons. The molecule has 3 rings (SSSR count). The predicted molar refractivity (Wildman–Crippen MR) is 157 cm³/mol.